The molecule has 0 aromatic carbocycles. The molecule has 0 spiro atoms. The van der Waals surface area contributed by atoms with Crippen LogP contribution in [0.25, 0.3) is 0 Å². The van der Waals surface area contributed by atoms with Crippen molar-refractivity contribution in [3.63, 3.8) is 0 Å². The highest BCUT2D eigenvalue weighted by Gasteiger charge is 2.22. The molecule has 136 valence electrons. The second-order valence-corrected chi connectivity index (χ2v) is 5.55. The van der Waals surface area contributed by atoms with E-state index in [2.05, 4.69) is 19.2 Å². The number of carbonyl (C=O) groups excluding carboxylic acids is 2. The van der Waals surface area contributed by atoms with E-state index < -0.39 is 12.1 Å². The molecule has 1 atom stereocenters. The minimum Gasteiger partial charge on any atom is -0.464 e. The molecule has 0 saturated heterocycles. The minimum atomic E-state index is -0.636. The van der Waals surface area contributed by atoms with Gasteiger partial charge in [-0.15, -0.1) is 0 Å². The molecule has 0 bridgehead atoms. The number of amides is 1. The van der Waals surface area contributed by atoms with Gasteiger partial charge in [0.25, 0.3) is 0 Å². The number of hydrogen-bond acceptors (Lipinski definition) is 5. The van der Waals surface area contributed by atoms with E-state index in [1.54, 1.807) is 0 Å². The average molecular weight is 331 g/mol. The molecule has 0 saturated carbocycles. The fraction of sp³-hybridized carbons (Fsp3) is 0.882. The molecule has 6 heteroatoms. The standard InChI is InChI=1S/C17H33NO5/c1-4-6-8-9-11-15(16(19)22-12-10-7-5-2)18-17(20)23-14-13-21-3/h15H,4-14H2,1-3H3,(H,18,20). The van der Waals surface area contributed by atoms with Crippen LogP contribution in [0, 0.1) is 0 Å². The monoisotopic (exact) mass is 331 g/mol. The van der Waals surface area contributed by atoms with Gasteiger partial charge in [-0.3, -0.25) is 0 Å². The van der Waals surface area contributed by atoms with Crippen LogP contribution in [-0.2, 0) is 19.0 Å². The second-order valence-electron chi connectivity index (χ2n) is 5.55. The highest BCUT2D eigenvalue weighted by Crippen LogP contribution is 2.08. The van der Waals surface area contributed by atoms with E-state index in [0.29, 0.717) is 19.6 Å². The van der Waals surface area contributed by atoms with Gasteiger partial charge in [-0.1, -0.05) is 52.4 Å². The summed E-state index contributed by atoms with van der Waals surface area (Å²) in [6.07, 6.45) is 7.08. The van der Waals surface area contributed by atoms with Gasteiger partial charge in [0.2, 0.25) is 0 Å². The lowest BCUT2D eigenvalue weighted by atomic mass is 10.1. The van der Waals surface area contributed by atoms with Crippen LogP contribution >= 0.6 is 0 Å². The number of rotatable bonds is 14. The maximum absolute atomic E-state index is 12.1. The first-order chi connectivity index (χ1) is 11.2. The number of carbonyl (C=O) groups is 2. The lowest BCUT2D eigenvalue weighted by Crippen LogP contribution is -2.42. The van der Waals surface area contributed by atoms with E-state index in [1.807, 2.05) is 0 Å². The Bertz CT molecular complexity index is 309. The number of hydrogen-bond donors (Lipinski definition) is 1. The zero-order chi connectivity index (χ0) is 17.3. The number of nitrogens with one attached hydrogen (secondary N) is 1. The Morgan fingerprint density at radius 1 is 0.870 bits per heavy atom. The third kappa shape index (κ3) is 12.9. The summed E-state index contributed by atoms with van der Waals surface area (Å²) in [5.41, 5.74) is 0. The molecular formula is C17H33NO5. The molecule has 0 fully saturated rings. The van der Waals surface area contributed by atoms with Gasteiger partial charge in [-0.25, -0.2) is 9.59 Å². The van der Waals surface area contributed by atoms with Crippen LogP contribution in [0.5, 0.6) is 0 Å². The number of esters is 1. The summed E-state index contributed by atoms with van der Waals surface area (Å²) in [6, 6.07) is -0.636. The molecule has 0 heterocycles. The number of alkyl carbamates (subject to hydrolysis) is 1. The Kier molecular flexibility index (Phi) is 14.7. The van der Waals surface area contributed by atoms with Gasteiger partial charge in [-0.2, -0.15) is 0 Å². The summed E-state index contributed by atoms with van der Waals surface area (Å²) in [7, 11) is 1.53. The van der Waals surface area contributed by atoms with Gasteiger partial charge in [0.1, 0.15) is 12.6 Å². The molecule has 0 aliphatic carbocycles. The largest absolute Gasteiger partial charge is 0.464 e. The van der Waals surface area contributed by atoms with Crippen molar-refractivity contribution in [2.24, 2.45) is 0 Å². The number of methoxy groups -OCH3 is 1. The fourth-order valence-electron chi connectivity index (χ4n) is 2.05. The van der Waals surface area contributed by atoms with E-state index >= 15 is 0 Å². The van der Waals surface area contributed by atoms with Crippen LogP contribution in [0.2, 0.25) is 0 Å². The van der Waals surface area contributed by atoms with Crippen molar-refractivity contribution >= 4 is 12.1 Å². The Morgan fingerprint density at radius 3 is 2.22 bits per heavy atom. The van der Waals surface area contributed by atoms with Crippen LogP contribution in [0.15, 0.2) is 0 Å². The summed E-state index contributed by atoms with van der Waals surface area (Å²) in [4.78, 5) is 23.8. The molecule has 0 aliphatic heterocycles. The van der Waals surface area contributed by atoms with E-state index in [4.69, 9.17) is 14.2 Å². The van der Waals surface area contributed by atoms with Crippen molar-refractivity contribution in [3.8, 4) is 0 Å². The van der Waals surface area contributed by atoms with Crippen LogP contribution in [0.3, 0.4) is 0 Å². The molecule has 1 N–H and O–H groups in total. The molecule has 0 aromatic heterocycles. The number of ether oxygens (including phenoxy) is 3. The van der Waals surface area contributed by atoms with Crippen LogP contribution in [-0.4, -0.2) is 45.0 Å². The molecule has 0 aliphatic rings. The molecule has 6 nitrogen and oxygen atoms in total. The van der Waals surface area contributed by atoms with Crippen molar-refractivity contribution in [3.05, 3.63) is 0 Å². The first kappa shape index (κ1) is 21.7. The Labute approximate surface area is 140 Å². The summed E-state index contributed by atoms with van der Waals surface area (Å²) in [5, 5.41) is 2.60. The zero-order valence-electron chi connectivity index (χ0n) is 14.9. The molecule has 0 rings (SSSR count). The first-order valence-corrected chi connectivity index (χ1v) is 8.74. The normalized spacial score (nSPS) is 11.8. The lowest BCUT2D eigenvalue weighted by Gasteiger charge is -2.17. The first-order valence-electron chi connectivity index (χ1n) is 8.74. The molecule has 0 radical (unpaired) electrons. The van der Waals surface area contributed by atoms with Gasteiger partial charge >= 0.3 is 12.1 Å². The maximum Gasteiger partial charge on any atom is 0.407 e. The fourth-order valence-corrected chi connectivity index (χ4v) is 2.05. The summed E-state index contributed by atoms with van der Waals surface area (Å²) in [5.74, 6) is -0.374. The Hall–Kier alpha value is -1.30. The lowest BCUT2D eigenvalue weighted by molar-refractivity contribution is -0.146. The van der Waals surface area contributed by atoms with Crippen molar-refractivity contribution < 1.29 is 23.8 Å². The summed E-state index contributed by atoms with van der Waals surface area (Å²) < 4.78 is 15.0. The van der Waals surface area contributed by atoms with Crippen LogP contribution < -0.4 is 5.32 Å². The molecule has 23 heavy (non-hydrogen) atoms. The Balaban J connectivity index is 4.24. The summed E-state index contributed by atoms with van der Waals surface area (Å²) in [6.45, 7) is 5.12. The van der Waals surface area contributed by atoms with Crippen molar-refractivity contribution in [1.29, 1.82) is 0 Å². The molecular weight excluding hydrogens is 298 g/mol. The minimum absolute atomic E-state index is 0.163. The smallest absolute Gasteiger partial charge is 0.407 e. The van der Waals surface area contributed by atoms with Gasteiger partial charge < -0.3 is 19.5 Å². The molecule has 1 amide bonds. The summed E-state index contributed by atoms with van der Waals surface area (Å²) >= 11 is 0. The third-order valence-corrected chi connectivity index (χ3v) is 3.44. The van der Waals surface area contributed by atoms with Crippen LogP contribution in [0.1, 0.15) is 65.2 Å². The Morgan fingerprint density at radius 2 is 1.57 bits per heavy atom. The van der Waals surface area contributed by atoms with E-state index in [0.717, 1.165) is 44.9 Å². The van der Waals surface area contributed by atoms with Gasteiger partial charge in [-0.05, 0) is 12.8 Å². The topological polar surface area (TPSA) is 73.9 Å². The SMILES string of the molecule is CCCCCCC(NC(=O)OCCOC)C(=O)OCCCCC. The van der Waals surface area contributed by atoms with E-state index in [9.17, 15) is 9.59 Å². The predicted molar refractivity (Wildman–Crippen MR) is 89.4 cm³/mol. The van der Waals surface area contributed by atoms with Crippen molar-refractivity contribution in [1.82, 2.24) is 5.32 Å². The predicted octanol–water partition coefficient (Wildman–Crippen LogP) is 3.43. The van der Waals surface area contributed by atoms with Crippen molar-refractivity contribution in [2.75, 3.05) is 26.9 Å². The van der Waals surface area contributed by atoms with Gasteiger partial charge in [0, 0.05) is 7.11 Å². The van der Waals surface area contributed by atoms with Crippen molar-refractivity contribution in [2.45, 2.75) is 71.3 Å². The van der Waals surface area contributed by atoms with Gasteiger partial charge in [0.15, 0.2) is 0 Å². The highest BCUT2D eigenvalue weighted by atomic mass is 16.6. The number of unbranched alkanes of at least 4 members (excludes halogenated alkanes) is 5. The van der Waals surface area contributed by atoms with E-state index in [1.165, 1.54) is 7.11 Å². The molecule has 1 unspecified atom stereocenters. The zero-order valence-corrected chi connectivity index (χ0v) is 14.9. The van der Waals surface area contributed by atoms with E-state index in [-0.39, 0.29) is 12.6 Å². The van der Waals surface area contributed by atoms with Crippen LogP contribution in [0.4, 0.5) is 4.79 Å². The second kappa shape index (κ2) is 15.6. The quantitative estimate of drug-likeness (QED) is 0.390. The highest BCUT2D eigenvalue weighted by molar-refractivity contribution is 5.81. The average Bonchev–Trinajstić information content (AvgIpc) is 2.54. The maximum atomic E-state index is 12.1. The van der Waals surface area contributed by atoms with Gasteiger partial charge in [0.05, 0.1) is 13.2 Å². The third-order valence-electron chi connectivity index (χ3n) is 3.44. The molecule has 0 aromatic rings.